The van der Waals surface area contributed by atoms with E-state index in [0.29, 0.717) is 0 Å². The molecule has 2 rings (SSSR count). The van der Waals surface area contributed by atoms with Crippen LogP contribution in [0.15, 0.2) is 42.6 Å². The van der Waals surface area contributed by atoms with Gasteiger partial charge < -0.3 is 10.6 Å². The van der Waals surface area contributed by atoms with Gasteiger partial charge in [0.1, 0.15) is 11.6 Å². The topological polar surface area (TPSA) is 54.0 Å². The van der Waals surface area contributed by atoms with Crippen LogP contribution in [0.2, 0.25) is 0 Å². The van der Waals surface area contributed by atoms with Gasteiger partial charge in [0.05, 0.1) is 16.8 Å². The number of para-hydroxylation sites is 1. The van der Waals surface area contributed by atoms with Gasteiger partial charge in [-0.1, -0.05) is 18.1 Å². The molecule has 0 unspecified atom stereocenters. The Hall–Kier alpha value is -2.87. The Morgan fingerprint density at radius 1 is 1.27 bits per heavy atom. The Labute approximate surface area is 128 Å². The predicted molar refractivity (Wildman–Crippen MR) is 84.3 cm³/mol. The van der Waals surface area contributed by atoms with Crippen molar-refractivity contribution in [2.24, 2.45) is 0 Å². The first-order chi connectivity index (χ1) is 10.4. The summed E-state index contributed by atoms with van der Waals surface area (Å²) in [4.78, 5) is 16.4. The molecule has 5 heteroatoms. The van der Waals surface area contributed by atoms with E-state index in [1.165, 1.54) is 12.3 Å². The first-order valence-corrected chi connectivity index (χ1v) is 6.70. The summed E-state index contributed by atoms with van der Waals surface area (Å²) in [5, 5.41) is 5.54. The van der Waals surface area contributed by atoms with E-state index in [4.69, 9.17) is 6.42 Å². The minimum absolute atomic E-state index is 0.242. The number of hydrogen-bond acceptors (Lipinski definition) is 3. The monoisotopic (exact) mass is 297 g/mol. The van der Waals surface area contributed by atoms with E-state index in [2.05, 4.69) is 21.5 Å². The van der Waals surface area contributed by atoms with Crippen LogP contribution in [0, 0.1) is 18.2 Å². The third-order valence-electron chi connectivity index (χ3n) is 2.97. The number of nitrogens with zero attached hydrogens (tertiary/aromatic N) is 1. The highest BCUT2D eigenvalue weighted by molar-refractivity contribution is 5.99. The number of rotatable bonds is 4. The highest BCUT2D eigenvalue weighted by Gasteiger charge is 2.21. The maximum atomic E-state index is 13.7. The minimum Gasteiger partial charge on any atom is -0.337 e. The van der Waals surface area contributed by atoms with Crippen molar-refractivity contribution in [1.29, 1.82) is 0 Å². The molecule has 2 N–H and O–H groups in total. The first-order valence-electron chi connectivity index (χ1n) is 6.70. The standard InChI is InChI=1S/C17H16FN3O/c1-4-17(2,3)21-16(22)12-8-7-11-19-15(12)20-14-10-6-5-9-13(14)18/h1,5-11H,2-3H3,(H,19,20)(H,21,22). The van der Waals surface area contributed by atoms with Gasteiger partial charge in [-0.3, -0.25) is 4.79 Å². The number of halogens is 1. The lowest BCUT2D eigenvalue weighted by molar-refractivity contribution is 0.0930. The summed E-state index contributed by atoms with van der Waals surface area (Å²) in [6.07, 6.45) is 6.89. The number of pyridine rings is 1. The van der Waals surface area contributed by atoms with Crippen molar-refractivity contribution in [3.63, 3.8) is 0 Å². The lowest BCUT2D eigenvalue weighted by atomic mass is 10.1. The lowest BCUT2D eigenvalue weighted by Crippen LogP contribution is -2.42. The molecule has 0 atom stereocenters. The van der Waals surface area contributed by atoms with E-state index < -0.39 is 11.4 Å². The molecule has 112 valence electrons. The van der Waals surface area contributed by atoms with Gasteiger partial charge in [-0.25, -0.2) is 9.37 Å². The lowest BCUT2D eigenvalue weighted by Gasteiger charge is -2.20. The largest absolute Gasteiger partial charge is 0.337 e. The summed E-state index contributed by atoms with van der Waals surface area (Å²) < 4.78 is 13.7. The fraction of sp³-hybridized carbons (Fsp3) is 0.176. The zero-order valence-corrected chi connectivity index (χ0v) is 12.4. The summed E-state index contributed by atoms with van der Waals surface area (Å²) in [5.74, 6) is 1.94. The average Bonchev–Trinajstić information content (AvgIpc) is 2.49. The second kappa shape index (κ2) is 6.27. The normalized spacial score (nSPS) is 10.6. The van der Waals surface area contributed by atoms with Crippen LogP contribution in [0.1, 0.15) is 24.2 Å². The van der Waals surface area contributed by atoms with Crippen LogP contribution in [-0.2, 0) is 0 Å². The Balaban J connectivity index is 2.30. The van der Waals surface area contributed by atoms with E-state index >= 15 is 0 Å². The SMILES string of the molecule is C#CC(C)(C)NC(=O)c1cccnc1Nc1ccccc1F. The summed E-state index contributed by atoms with van der Waals surface area (Å²) in [6.45, 7) is 3.43. The highest BCUT2D eigenvalue weighted by Crippen LogP contribution is 2.21. The summed E-state index contributed by atoms with van der Waals surface area (Å²) in [6, 6.07) is 9.39. The van der Waals surface area contributed by atoms with Crippen LogP contribution in [0.4, 0.5) is 15.9 Å². The molecule has 0 aliphatic carbocycles. The number of hydrogen-bond donors (Lipinski definition) is 2. The van der Waals surface area contributed by atoms with Crippen LogP contribution in [-0.4, -0.2) is 16.4 Å². The molecule has 0 bridgehead atoms. The fourth-order valence-corrected chi connectivity index (χ4v) is 1.77. The summed E-state index contributed by atoms with van der Waals surface area (Å²) in [5.41, 5.74) is -0.261. The summed E-state index contributed by atoms with van der Waals surface area (Å²) in [7, 11) is 0. The van der Waals surface area contributed by atoms with Crippen LogP contribution in [0.25, 0.3) is 0 Å². The van der Waals surface area contributed by atoms with Crippen molar-refractivity contribution in [2.75, 3.05) is 5.32 Å². The number of terminal acetylenes is 1. The van der Waals surface area contributed by atoms with Gasteiger partial charge in [-0.2, -0.15) is 0 Å². The maximum Gasteiger partial charge on any atom is 0.256 e. The van der Waals surface area contributed by atoms with Gasteiger partial charge in [0.25, 0.3) is 5.91 Å². The third-order valence-corrected chi connectivity index (χ3v) is 2.97. The molecular formula is C17H16FN3O. The molecule has 1 amide bonds. The molecule has 2 aromatic rings. The molecule has 1 heterocycles. The summed E-state index contributed by atoms with van der Waals surface area (Å²) >= 11 is 0. The Morgan fingerprint density at radius 2 is 2.00 bits per heavy atom. The molecule has 0 saturated heterocycles. The minimum atomic E-state index is -0.789. The fourth-order valence-electron chi connectivity index (χ4n) is 1.77. The zero-order chi connectivity index (χ0) is 16.2. The molecule has 0 fully saturated rings. The molecule has 0 aliphatic rings. The molecule has 22 heavy (non-hydrogen) atoms. The molecule has 1 aromatic carbocycles. The van der Waals surface area contributed by atoms with Crippen LogP contribution < -0.4 is 10.6 Å². The van der Waals surface area contributed by atoms with Crippen LogP contribution in [0.5, 0.6) is 0 Å². The van der Waals surface area contributed by atoms with Crippen LogP contribution in [0.3, 0.4) is 0 Å². The number of benzene rings is 1. The number of anilines is 2. The number of nitrogens with one attached hydrogen (secondary N) is 2. The van der Waals surface area contributed by atoms with Crippen LogP contribution >= 0.6 is 0 Å². The maximum absolute atomic E-state index is 13.7. The van der Waals surface area contributed by atoms with Crippen molar-refractivity contribution >= 4 is 17.4 Å². The van der Waals surface area contributed by atoms with Gasteiger partial charge in [0, 0.05) is 6.20 Å². The molecular weight excluding hydrogens is 281 g/mol. The quantitative estimate of drug-likeness (QED) is 0.853. The molecule has 0 radical (unpaired) electrons. The molecule has 4 nitrogen and oxygen atoms in total. The van der Waals surface area contributed by atoms with Gasteiger partial charge in [0.2, 0.25) is 0 Å². The van der Waals surface area contributed by atoms with Gasteiger partial charge in [0.15, 0.2) is 0 Å². The van der Waals surface area contributed by atoms with Crippen molar-refractivity contribution in [3.8, 4) is 12.3 Å². The van der Waals surface area contributed by atoms with Gasteiger partial charge >= 0.3 is 0 Å². The predicted octanol–water partition coefficient (Wildman–Crippen LogP) is 3.11. The number of aromatic nitrogens is 1. The average molecular weight is 297 g/mol. The first kappa shape index (κ1) is 15.5. The number of carbonyl (C=O) groups is 1. The van der Waals surface area contributed by atoms with E-state index in [-0.39, 0.29) is 23.0 Å². The third kappa shape index (κ3) is 3.61. The molecule has 0 aliphatic heterocycles. The highest BCUT2D eigenvalue weighted by atomic mass is 19.1. The van der Waals surface area contributed by atoms with E-state index in [1.54, 1.807) is 44.2 Å². The van der Waals surface area contributed by atoms with Crippen molar-refractivity contribution < 1.29 is 9.18 Å². The van der Waals surface area contributed by atoms with Gasteiger partial charge in [-0.15, -0.1) is 6.42 Å². The molecule has 0 spiro atoms. The van der Waals surface area contributed by atoms with Crippen molar-refractivity contribution in [3.05, 3.63) is 54.0 Å². The second-order valence-electron chi connectivity index (χ2n) is 5.23. The smallest absolute Gasteiger partial charge is 0.256 e. The molecule has 1 aromatic heterocycles. The Bertz CT molecular complexity index is 735. The Kier molecular flexibility index (Phi) is 4.42. The van der Waals surface area contributed by atoms with Crippen molar-refractivity contribution in [1.82, 2.24) is 10.3 Å². The molecule has 0 saturated carbocycles. The van der Waals surface area contributed by atoms with E-state index in [0.717, 1.165) is 0 Å². The van der Waals surface area contributed by atoms with E-state index in [9.17, 15) is 9.18 Å². The second-order valence-corrected chi connectivity index (χ2v) is 5.23. The Morgan fingerprint density at radius 3 is 2.68 bits per heavy atom. The zero-order valence-electron chi connectivity index (χ0n) is 12.4. The van der Waals surface area contributed by atoms with Gasteiger partial charge in [-0.05, 0) is 38.1 Å². The number of carbonyl (C=O) groups excluding carboxylic acids is 1. The number of amides is 1. The van der Waals surface area contributed by atoms with Crippen molar-refractivity contribution in [2.45, 2.75) is 19.4 Å². The van der Waals surface area contributed by atoms with E-state index in [1.807, 2.05) is 0 Å².